The lowest BCUT2D eigenvalue weighted by molar-refractivity contribution is 0.102. The average molecular weight is 310 g/mol. The van der Waals surface area contributed by atoms with E-state index in [0.717, 1.165) is 5.56 Å². The van der Waals surface area contributed by atoms with Gasteiger partial charge in [0, 0.05) is 16.8 Å². The number of nitrogens with one attached hydrogen (secondary N) is 1. The number of hydrogen-bond acceptors (Lipinski definition) is 3. The number of benzene rings is 2. The fraction of sp³-hybridized carbons (Fsp3) is 0.111. The van der Waals surface area contributed by atoms with E-state index in [4.69, 9.17) is 4.42 Å². The third-order valence-corrected chi connectivity index (χ3v) is 3.42. The molecular formula is C18H15FN2O2. The van der Waals surface area contributed by atoms with Gasteiger partial charge in [-0.25, -0.2) is 9.37 Å². The van der Waals surface area contributed by atoms with Crippen molar-refractivity contribution in [3.05, 3.63) is 71.4 Å². The number of halogens is 1. The van der Waals surface area contributed by atoms with Gasteiger partial charge in [0.15, 0.2) is 0 Å². The number of carbonyl (C=O) groups is 1. The number of rotatable bonds is 3. The second kappa shape index (κ2) is 6.04. The van der Waals surface area contributed by atoms with Crippen LogP contribution < -0.4 is 5.32 Å². The first-order valence-electron chi connectivity index (χ1n) is 7.13. The Balaban J connectivity index is 1.82. The zero-order chi connectivity index (χ0) is 16.4. The number of nitrogens with zero attached hydrogens (tertiary/aromatic N) is 1. The number of amides is 1. The first kappa shape index (κ1) is 15.0. The van der Waals surface area contributed by atoms with Crippen molar-refractivity contribution in [3.63, 3.8) is 0 Å². The lowest BCUT2D eigenvalue weighted by Gasteiger charge is -2.07. The highest BCUT2D eigenvalue weighted by molar-refractivity contribution is 6.04. The molecule has 0 saturated carbocycles. The summed E-state index contributed by atoms with van der Waals surface area (Å²) in [6.45, 7) is 3.47. The minimum absolute atomic E-state index is 0.269. The van der Waals surface area contributed by atoms with Crippen molar-refractivity contribution in [3.8, 4) is 11.5 Å². The molecule has 1 amide bonds. The molecule has 0 bridgehead atoms. The molecule has 4 nitrogen and oxygen atoms in total. The van der Waals surface area contributed by atoms with Gasteiger partial charge in [-0.1, -0.05) is 12.1 Å². The van der Waals surface area contributed by atoms with Gasteiger partial charge >= 0.3 is 0 Å². The van der Waals surface area contributed by atoms with E-state index in [2.05, 4.69) is 10.3 Å². The topological polar surface area (TPSA) is 55.1 Å². The average Bonchev–Trinajstić information content (AvgIpc) is 2.97. The van der Waals surface area contributed by atoms with Gasteiger partial charge in [0.2, 0.25) is 5.89 Å². The molecule has 5 heteroatoms. The van der Waals surface area contributed by atoms with Crippen LogP contribution in [0.15, 0.2) is 53.1 Å². The summed E-state index contributed by atoms with van der Waals surface area (Å²) in [5, 5.41) is 2.75. The van der Waals surface area contributed by atoms with Crippen molar-refractivity contribution < 1.29 is 13.6 Å². The van der Waals surface area contributed by atoms with Crippen LogP contribution in [0.2, 0.25) is 0 Å². The van der Waals surface area contributed by atoms with Crippen molar-refractivity contribution >= 4 is 11.6 Å². The predicted molar refractivity (Wildman–Crippen MR) is 85.8 cm³/mol. The molecule has 0 radical (unpaired) electrons. The molecule has 1 aromatic heterocycles. The SMILES string of the molecule is Cc1cnc(-c2cccc(NC(=O)c3ccc(C)c(F)c3)c2)o1. The quantitative estimate of drug-likeness (QED) is 0.782. The van der Waals surface area contributed by atoms with E-state index in [1.54, 1.807) is 43.5 Å². The van der Waals surface area contributed by atoms with Gasteiger partial charge in [0.05, 0.1) is 6.20 Å². The lowest BCUT2D eigenvalue weighted by Crippen LogP contribution is -2.12. The summed E-state index contributed by atoms with van der Waals surface area (Å²) in [4.78, 5) is 16.4. The van der Waals surface area contributed by atoms with Crippen molar-refractivity contribution in [1.29, 1.82) is 0 Å². The molecule has 0 aliphatic carbocycles. The summed E-state index contributed by atoms with van der Waals surface area (Å²) in [7, 11) is 0. The fourth-order valence-electron chi connectivity index (χ4n) is 2.16. The van der Waals surface area contributed by atoms with Crippen LogP contribution in [-0.2, 0) is 0 Å². The second-order valence-electron chi connectivity index (χ2n) is 5.27. The van der Waals surface area contributed by atoms with Gasteiger partial charge < -0.3 is 9.73 Å². The highest BCUT2D eigenvalue weighted by Gasteiger charge is 2.10. The summed E-state index contributed by atoms with van der Waals surface area (Å²) < 4.78 is 19.0. The van der Waals surface area contributed by atoms with Gasteiger partial charge in [0.25, 0.3) is 5.91 Å². The van der Waals surface area contributed by atoms with Gasteiger partial charge in [-0.3, -0.25) is 4.79 Å². The van der Waals surface area contributed by atoms with Crippen molar-refractivity contribution in [2.45, 2.75) is 13.8 Å². The van der Waals surface area contributed by atoms with E-state index in [-0.39, 0.29) is 11.5 Å². The van der Waals surface area contributed by atoms with Crippen LogP contribution in [0.25, 0.3) is 11.5 Å². The van der Waals surface area contributed by atoms with E-state index < -0.39 is 5.82 Å². The number of aromatic nitrogens is 1. The molecule has 0 saturated heterocycles. The molecule has 0 spiro atoms. The summed E-state index contributed by atoms with van der Waals surface area (Å²) in [5.41, 5.74) is 2.11. The molecule has 2 aromatic carbocycles. The number of carbonyl (C=O) groups excluding carboxylic acids is 1. The minimum Gasteiger partial charge on any atom is -0.441 e. The Morgan fingerprint density at radius 3 is 2.70 bits per heavy atom. The van der Waals surface area contributed by atoms with E-state index in [1.807, 2.05) is 13.0 Å². The van der Waals surface area contributed by atoms with E-state index >= 15 is 0 Å². The highest BCUT2D eigenvalue weighted by atomic mass is 19.1. The lowest BCUT2D eigenvalue weighted by atomic mass is 10.1. The molecular weight excluding hydrogens is 295 g/mol. The standard InChI is InChI=1S/C18H15FN2O2/c1-11-6-7-13(9-16(11)19)17(22)21-15-5-3-4-14(8-15)18-20-10-12(2)23-18/h3-10H,1-2H3,(H,21,22). The van der Waals surface area contributed by atoms with E-state index in [1.165, 1.54) is 6.07 Å². The van der Waals surface area contributed by atoms with Gasteiger partial charge in [-0.05, 0) is 49.7 Å². The largest absolute Gasteiger partial charge is 0.441 e. The van der Waals surface area contributed by atoms with Crippen molar-refractivity contribution in [2.24, 2.45) is 0 Å². The smallest absolute Gasteiger partial charge is 0.255 e. The molecule has 1 heterocycles. The number of oxazole rings is 1. The molecule has 0 aliphatic rings. The normalized spacial score (nSPS) is 10.6. The zero-order valence-electron chi connectivity index (χ0n) is 12.8. The zero-order valence-corrected chi connectivity index (χ0v) is 12.8. The second-order valence-corrected chi connectivity index (χ2v) is 5.27. The van der Waals surface area contributed by atoms with Crippen LogP contribution in [0.3, 0.4) is 0 Å². The van der Waals surface area contributed by atoms with Gasteiger partial charge in [0.1, 0.15) is 11.6 Å². The Labute approximate surface area is 133 Å². The van der Waals surface area contributed by atoms with Crippen LogP contribution >= 0.6 is 0 Å². The molecule has 1 N–H and O–H groups in total. The third kappa shape index (κ3) is 3.29. The molecule has 3 aromatic rings. The van der Waals surface area contributed by atoms with E-state index in [9.17, 15) is 9.18 Å². The van der Waals surface area contributed by atoms with Crippen LogP contribution in [0.5, 0.6) is 0 Å². The van der Waals surface area contributed by atoms with Crippen molar-refractivity contribution in [2.75, 3.05) is 5.32 Å². The Kier molecular flexibility index (Phi) is 3.93. The maximum absolute atomic E-state index is 13.6. The van der Waals surface area contributed by atoms with Crippen LogP contribution in [0.1, 0.15) is 21.7 Å². The maximum Gasteiger partial charge on any atom is 0.255 e. The van der Waals surface area contributed by atoms with Crippen LogP contribution in [0.4, 0.5) is 10.1 Å². The Morgan fingerprint density at radius 1 is 1.17 bits per heavy atom. The number of anilines is 1. The summed E-state index contributed by atoms with van der Waals surface area (Å²) in [5.74, 6) is 0.427. The Bertz CT molecular complexity index is 871. The first-order valence-corrected chi connectivity index (χ1v) is 7.13. The summed E-state index contributed by atoms with van der Waals surface area (Å²) in [6, 6.07) is 11.5. The fourth-order valence-corrected chi connectivity index (χ4v) is 2.16. The summed E-state index contributed by atoms with van der Waals surface area (Å²) >= 11 is 0. The maximum atomic E-state index is 13.6. The van der Waals surface area contributed by atoms with Crippen molar-refractivity contribution in [1.82, 2.24) is 4.98 Å². The molecule has 0 fully saturated rings. The monoisotopic (exact) mass is 310 g/mol. The molecule has 0 aliphatic heterocycles. The Hall–Kier alpha value is -2.95. The highest BCUT2D eigenvalue weighted by Crippen LogP contribution is 2.22. The minimum atomic E-state index is -0.401. The third-order valence-electron chi connectivity index (χ3n) is 3.42. The van der Waals surface area contributed by atoms with Crippen LogP contribution in [0, 0.1) is 19.7 Å². The number of hydrogen-bond donors (Lipinski definition) is 1. The van der Waals surface area contributed by atoms with Gasteiger partial charge in [-0.2, -0.15) is 0 Å². The molecule has 3 rings (SSSR count). The molecule has 0 atom stereocenters. The van der Waals surface area contributed by atoms with Gasteiger partial charge in [-0.15, -0.1) is 0 Å². The van der Waals surface area contributed by atoms with E-state index in [0.29, 0.717) is 22.9 Å². The summed E-state index contributed by atoms with van der Waals surface area (Å²) in [6.07, 6.45) is 1.63. The predicted octanol–water partition coefficient (Wildman–Crippen LogP) is 4.35. The number of aryl methyl sites for hydroxylation is 2. The Morgan fingerprint density at radius 2 is 2.00 bits per heavy atom. The molecule has 0 unspecified atom stereocenters. The molecule has 116 valence electrons. The molecule has 23 heavy (non-hydrogen) atoms. The van der Waals surface area contributed by atoms with Crippen LogP contribution in [-0.4, -0.2) is 10.9 Å². The first-order chi connectivity index (χ1) is 11.0.